The van der Waals surface area contributed by atoms with Crippen LogP contribution in [0.15, 0.2) is 36.9 Å². The maximum absolute atomic E-state index is 11.8. The number of benzene rings is 1. The highest BCUT2D eigenvalue weighted by Gasteiger charge is 2.09. The van der Waals surface area contributed by atoms with E-state index < -0.39 is 0 Å². The number of esters is 1. The second kappa shape index (κ2) is 6.13. The third-order valence-electron chi connectivity index (χ3n) is 2.94. The lowest BCUT2D eigenvalue weighted by Gasteiger charge is -2.11. The van der Waals surface area contributed by atoms with Crippen molar-refractivity contribution in [2.45, 2.75) is 26.3 Å². The lowest BCUT2D eigenvalue weighted by Crippen LogP contribution is -2.12. The van der Waals surface area contributed by atoms with Crippen molar-refractivity contribution in [1.82, 2.24) is 14.8 Å². The van der Waals surface area contributed by atoms with Crippen molar-refractivity contribution < 1.29 is 9.53 Å². The van der Waals surface area contributed by atoms with Crippen molar-refractivity contribution in [3.63, 3.8) is 0 Å². The van der Waals surface area contributed by atoms with Gasteiger partial charge in [0.05, 0.1) is 18.2 Å². The first-order valence-electron chi connectivity index (χ1n) is 6.24. The summed E-state index contributed by atoms with van der Waals surface area (Å²) in [6.07, 6.45) is 3.86. The molecule has 1 atom stereocenters. The van der Waals surface area contributed by atoms with E-state index in [2.05, 4.69) is 10.1 Å². The predicted octanol–water partition coefficient (Wildman–Crippen LogP) is 2.39. The normalized spacial score (nSPS) is 12.1. The molecule has 0 amide bonds. The number of carbonyl (C=O) groups excluding carboxylic acids is 1. The molecule has 0 bridgehead atoms. The van der Waals surface area contributed by atoms with E-state index in [0.29, 0.717) is 18.6 Å². The van der Waals surface area contributed by atoms with Crippen molar-refractivity contribution in [1.29, 1.82) is 0 Å². The van der Waals surface area contributed by atoms with Gasteiger partial charge < -0.3 is 4.74 Å². The maximum atomic E-state index is 11.8. The van der Waals surface area contributed by atoms with Crippen LogP contribution in [0.1, 0.15) is 35.3 Å². The molecule has 1 heterocycles. The minimum absolute atomic E-state index is 0.160. The SMILES string of the molecule is Cc1ccc(C(=O)OCC[C@@H](C)n2cncn2)cc1. The summed E-state index contributed by atoms with van der Waals surface area (Å²) in [5.74, 6) is -0.286. The van der Waals surface area contributed by atoms with E-state index in [1.165, 1.54) is 6.33 Å². The van der Waals surface area contributed by atoms with Gasteiger partial charge in [0.2, 0.25) is 0 Å². The van der Waals surface area contributed by atoms with Crippen molar-refractivity contribution in [3.05, 3.63) is 48.0 Å². The zero-order chi connectivity index (χ0) is 13.7. The van der Waals surface area contributed by atoms with Crippen LogP contribution in [0, 0.1) is 6.92 Å². The number of hydrogen-bond acceptors (Lipinski definition) is 4. The van der Waals surface area contributed by atoms with Crippen LogP contribution in [0.25, 0.3) is 0 Å². The standard InChI is InChI=1S/C14H17N3O2/c1-11-3-5-13(6-4-11)14(18)19-8-7-12(2)17-10-15-9-16-17/h3-6,9-10,12H,7-8H2,1-2H3/t12-/m1/s1. The topological polar surface area (TPSA) is 57.0 Å². The van der Waals surface area contributed by atoms with Crippen LogP contribution in [-0.4, -0.2) is 27.3 Å². The highest BCUT2D eigenvalue weighted by atomic mass is 16.5. The van der Waals surface area contributed by atoms with Crippen LogP contribution in [0.4, 0.5) is 0 Å². The first-order chi connectivity index (χ1) is 9.16. The molecule has 0 spiro atoms. The summed E-state index contributed by atoms with van der Waals surface area (Å²) in [5.41, 5.74) is 1.70. The van der Waals surface area contributed by atoms with Crippen LogP contribution in [0.5, 0.6) is 0 Å². The molecule has 0 radical (unpaired) electrons. The Morgan fingerprint density at radius 3 is 2.74 bits per heavy atom. The molecule has 0 N–H and O–H groups in total. The van der Waals surface area contributed by atoms with E-state index in [4.69, 9.17) is 4.74 Å². The minimum atomic E-state index is -0.286. The summed E-state index contributed by atoms with van der Waals surface area (Å²) in [6.45, 7) is 4.36. The summed E-state index contributed by atoms with van der Waals surface area (Å²) in [7, 11) is 0. The Balaban J connectivity index is 1.79. The smallest absolute Gasteiger partial charge is 0.338 e. The van der Waals surface area contributed by atoms with E-state index in [1.54, 1.807) is 23.1 Å². The van der Waals surface area contributed by atoms with E-state index in [0.717, 1.165) is 5.56 Å². The van der Waals surface area contributed by atoms with Gasteiger partial charge in [0.25, 0.3) is 0 Å². The molecule has 100 valence electrons. The molecular formula is C14H17N3O2. The molecule has 0 saturated carbocycles. The molecule has 2 aromatic rings. The van der Waals surface area contributed by atoms with Crippen molar-refractivity contribution >= 4 is 5.97 Å². The largest absolute Gasteiger partial charge is 0.462 e. The Bertz CT molecular complexity index is 520. The first kappa shape index (κ1) is 13.3. The summed E-state index contributed by atoms with van der Waals surface area (Å²) >= 11 is 0. The third-order valence-corrected chi connectivity index (χ3v) is 2.94. The number of hydrogen-bond donors (Lipinski definition) is 0. The highest BCUT2D eigenvalue weighted by Crippen LogP contribution is 2.09. The van der Waals surface area contributed by atoms with Gasteiger partial charge in [-0.2, -0.15) is 5.10 Å². The summed E-state index contributed by atoms with van der Waals surface area (Å²) in [5, 5.41) is 4.05. The lowest BCUT2D eigenvalue weighted by atomic mass is 10.1. The van der Waals surface area contributed by atoms with E-state index in [-0.39, 0.29) is 12.0 Å². The minimum Gasteiger partial charge on any atom is -0.462 e. The fourth-order valence-electron chi connectivity index (χ4n) is 1.67. The Hall–Kier alpha value is -2.17. The van der Waals surface area contributed by atoms with Crippen molar-refractivity contribution in [2.75, 3.05) is 6.61 Å². The van der Waals surface area contributed by atoms with Crippen LogP contribution < -0.4 is 0 Å². The Morgan fingerprint density at radius 1 is 1.37 bits per heavy atom. The number of ether oxygens (including phenoxy) is 1. The molecule has 0 aliphatic carbocycles. The van der Waals surface area contributed by atoms with E-state index in [9.17, 15) is 4.79 Å². The van der Waals surface area contributed by atoms with Gasteiger partial charge in [-0.05, 0) is 26.0 Å². The third kappa shape index (κ3) is 3.64. The number of nitrogens with zero attached hydrogens (tertiary/aromatic N) is 3. The van der Waals surface area contributed by atoms with Gasteiger partial charge in [-0.15, -0.1) is 0 Å². The molecule has 5 nitrogen and oxygen atoms in total. The van der Waals surface area contributed by atoms with Crippen molar-refractivity contribution in [2.24, 2.45) is 0 Å². The van der Waals surface area contributed by atoms with E-state index >= 15 is 0 Å². The average Bonchev–Trinajstić information content (AvgIpc) is 2.93. The van der Waals surface area contributed by atoms with Gasteiger partial charge >= 0.3 is 5.97 Å². The first-order valence-corrected chi connectivity index (χ1v) is 6.24. The van der Waals surface area contributed by atoms with Gasteiger partial charge in [0, 0.05) is 6.42 Å². The Morgan fingerprint density at radius 2 is 2.11 bits per heavy atom. The van der Waals surface area contributed by atoms with Crippen LogP contribution in [-0.2, 0) is 4.74 Å². The summed E-state index contributed by atoms with van der Waals surface area (Å²) in [6, 6.07) is 7.51. The quantitative estimate of drug-likeness (QED) is 0.774. The maximum Gasteiger partial charge on any atom is 0.338 e. The Labute approximate surface area is 112 Å². The van der Waals surface area contributed by atoms with E-state index in [1.807, 2.05) is 26.0 Å². The number of aromatic nitrogens is 3. The van der Waals surface area contributed by atoms with Gasteiger partial charge in [0.1, 0.15) is 12.7 Å². The van der Waals surface area contributed by atoms with Crippen molar-refractivity contribution in [3.8, 4) is 0 Å². The predicted molar refractivity (Wildman–Crippen MR) is 70.8 cm³/mol. The van der Waals surface area contributed by atoms with Crippen LogP contribution in [0.2, 0.25) is 0 Å². The molecule has 2 rings (SSSR count). The van der Waals surface area contributed by atoms with Crippen LogP contribution >= 0.6 is 0 Å². The molecule has 0 aliphatic rings. The zero-order valence-electron chi connectivity index (χ0n) is 11.1. The van der Waals surface area contributed by atoms with Crippen LogP contribution in [0.3, 0.4) is 0 Å². The van der Waals surface area contributed by atoms with Gasteiger partial charge in [-0.1, -0.05) is 17.7 Å². The Kier molecular flexibility index (Phi) is 4.28. The summed E-state index contributed by atoms with van der Waals surface area (Å²) < 4.78 is 6.99. The number of rotatable bonds is 5. The van der Waals surface area contributed by atoms with Gasteiger partial charge in [0.15, 0.2) is 0 Å². The zero-order valence-corrected chi connectivity index (χ0v) is 11.1. The number of carbonyl (C=O) groups is 1. The fraction of sp³-hybridized carbons (Fsp3) is 0.357. The fourth-order valence-corrected chi connectivity index (χ4v) is 1.67. The molecule has 5 heteroatoms. The highest BCUT2D eigenvalue weighted by molar-refractivity contribution is 5.89. The lowest BCUT2D eigenvalue weighted by molar-refractivity contribution is 0.0485. The molecule has 19 heavy (non-hydrogen) atoms. The molecule has 0 aliphatic heterocycles. The average molecular weight is 259 g/mol. The molecule has 0 saturated heterocycles. The second-order valence-electron chi connectivity index (χ2n) is 4.52. The molecule has 1 aromatic heterocycles. The van der Waals surface area contributed by atoms with Gasteiger partial charge in [-0.25, -0.2) is 9.78 Å². The summed E-state index contributed by atoms with van der Waals surface area (Å²) in [4.78, 5) is 15.7. The molecule has 0 unspecified atom stereocenters. The monoisotopic (exact) mass is 259 g/mol. The molecule has 1 aromatic carbocycles. The molecular weight excluding hydrogens is 242 g/mol. The van der Waals surface area contributed by atoms with Gasteiger partial charge in [-0.3, -0.25) is 4.68 Å². The number of aryl methyl sites for hydroxylation is 1. The molecule has 0 fully saturated rings. The second-order valence-corrected chi connectivity index (χ2v) is 4.52.